The number of nitrogens with two attached hydrogens (primary N) is 1. The van der Waals surface area contributed by atoms with Gasteiger partial charge in [0.15, 0.2) is 0 Å². The minimum Gasteiger partial charge on any atom is -0.444 e. The van der Waals surface area contributed by atoms with Crippen LogP contribution < -0.4 is 11.1 Å². The van der Waals surface area contributed by atoms with E-state index in [0.717, 1.165) is 5.06 Å². The van der Waals surface area contributed by atoms with Gasteiger partial charge in [0.1, 0.15) is 11.2 Å². The number of nitrogens with zero attached hydrogens (tertiary/aromatic N) is 1. The van der Waals surface area contributed by atoms with Crippen LogP contribution in [0.1, 0.15) is 92.9 Å². The number of alkyl carbamates (subject to hydrolysis) is 1. The highest BCUT2D eigenvalue weighted by Crippen LogP contribution is 2.31. The average molecular weight is 484 g/mol. The van der Waals surface area contributed by atoms with Crippen LogP contribution in [-0.4, -0.2) is 52.4 Å². The molecule has 2 saturated carbocycles. The van der Waals surface area contributed by atoms with E-state index < -0.39 is 29.4 Å². The van der Waals surface area contributed by atoms with Crippen molar-refractivity contribution < 1.29 is 33.5 Å². The molecular formula is C24H41N3O7. The molecule has 10 heteroatoms. The first-order chi connectivity index (χ1) is 15.6. The van der Waals surface area contributed by atoms with E-state index in [9.17, 15) is 19.2 Å². The maximum absolute atomic E-state index is 13.0. The Balaban J connectivity index is 1.95. The number of hydrogen-bond donors (Lipinski definition) is 2. The molecular weight excluding hydrogens is 442 g/mol. The van der Waals surface area contributed by atoms with Crippen LogP contribution in [-0.2, 0) is 23.9 Å². The van der Waals surface area contributed by atoms with Crippen molar-refractivity contribution in [3.63, 3.8) is 0 Å². The number of primary amides is 1. The van der Waals surface area contributed by atoms with Crippen LogP contribution in [0.2, 0.25) is 0 Å². The van der Waals surface area contributed by atoms with Crippen molar-refractivity contribution in [2.45, 2.75) is 116 Å². The minimum atomic E-state index is -0.752. The van der Waals surface area contributed by atoms with Crippen molar-refractivity contribution in [1.82, 2.24) is 10.4 Å². The molecule has 0 atom stereocenters. The zero-order valence-electron chi connectivity index (χ0n) is 21.3. The van der Waals surface area contributed by atoms with E-state index in [2.05, 4.69) is 5.32 Å². The Morgan fingerprint density at radius 3 is 1.74 bits per heavy atom. The third-order valence-electron chi connectivity index (χ3n) is 5.97. The molecule has 10 nitrogen and oxygen atoms in total. The summed E-state index contributed by atoms with van der Waals surface area (Å²) < 4.78 is 10.8. The molecule has 3 N–H and O–H groups in total. The molecule has 0 bridgehead atoms. The molecule has 0 radical (unpaired) electrons. The lowest BCUT2D eigenvalue weighted by Gasteiger charge is -2.36. The van der Waals surface area contributed by atoms with Crippen molar-refractivity contribution in [1.29, 1.82) is 0 Å². The summed E-state index contributed by atoms with van der Waals surface area (Å²) in [6.07, 6.45) is 3.11. The summed E-state index contributed by atoms with van der Waals surface area (Å²) in [6, 6.07) is -0.454. The van der Waals surface area contributed by atoms with E-state index in [1.807, 2.05) is 0 Å². The second kappa shape index (κ2) is 11.3. The Morgan fingerprint density at radius 2 is 1.26 bits per heavy atom. The van der Waals surface area contributed by atoms with Gasteiger partial charge < -0.3 is 25.4 Å². The number of amides is 3. The highest BCUT2D eigenvalue weighted by Gasteiger charge is 2.38. The first kappa shape index (κ1) is 27.7. The van der Waals surface area contributed by atoms with Crippen molar-refractivity contribution in [2.24, 2.45) is 17.6 Å². The van der Waals surface area contributed by atoms with Gasteiger partial charge in [0, 0.05) is 12.0 Å². The molecule has 0 heterocycles. The van der Waals surface area contributed by atoms with Gasteiger partial charge in [-0.15, -0.1) is 5.06 Å². The third kappa shape index (κ3) is 9.02. The Kier molecular flexibility index (Phi) is 9.19. The quantitative estimate of drug-likeness (QED) is 0.580. The van der Waals surface area contributed by atoms with E-state index in [-0.39, 0.29) is 29.8 Å². The fraction of sp³-hybridized carbons (Fsp3) is 0.833. The number of carbonyl (C=O) groups excluding carboxylic acids is 4. The second-order valence-electron chi connectivity index (χ2n) is 11.3. The van der Waals surface area contributed by atoms with Crippen LogP contribution in [0, 0.1) is 11.8 Å². The molecule has 0 aromatic heterocycles. The zero-order valence-corrected chi connectivity index (χ0v) is 21.3. The fourth-order valence-electron chi connectivity index (χ4n) is 4.28. The summed E-state index contributed by atoms with van der Waals surface area (Å²) in [7, 11) is 0. The number of hydroxylamine groups is 2. The van der Waals surface area contributed by atoms with Crippen LogP contribution in [0.4, 0.5) is 9.59 Å². The van der Waals surface area contributed by atoms with Gasteiger partial charge >= 0.3 is 18.2 Å². The molecule has 2 fully saturated rings. The molecule has 3 amide bonds. The lowest BCUT2D eigenvalue weighted by molar-refractivity contribution is -0.202. The lowest BCUT2D eigenvalue weighted by atomic mass is 9.85. The highest BCUT2D eigenvalue weighted by atomic mass is 16.8. The Morgan fingerprint density at radius 1 is 0.765 bits per heavy atom. The predicted octanol–water partition coefficient (Wildman–Crippen LogP) is 3.81. The largest absolute Gasteiger partial charge is 0.444 e. The van der Waals surface area contributed by atoms with Gasteiger partial charge in [0.05, 0.1) is 12.0 Å². The molecule has 2 aliphatic carbocycles. The van der Waals surface area contributed by atoms with E-state index >= 15 is 0 Å². The predicted molar refractivity (Wildman–Crippen MR) is 124 cm³/mol. The van der Waals surface area contributed by atoms with Gasteiger partial charge in [-0.2, -0.15) is 0 Å². The second-order valence-corrected chi connectivity index (χ2v) is 11.3. The van der Waals surface area contributed by atoms with Crippen LogP contribution >= 0.6 is 0 Å². The minimum absolute atomic E-state index is 0.0788. The fourth-order valence-corrected chi connectivity index (χ4v) is 4.28. The summed E-state index contributed by atoms with van der Waals surface area (Å²) in [6.45, 7) is 10.6. The smallest absolute Gasteiger partial charge is 0.444 e. The molecule has 0 unspecified atom stereocenters. The van der Waals surface area contributed by atoms with E-state index in [4.69, 9.17) is 20.0 Å². The molecule has 2 aliphatic rings. The average Bonchev–Trinajstić information content (AvgIpc) is 2.69. The van der Waals surface area contributed by atoms with Gasteiger partial charge in [-0.1, -0.05) is 0 Å². The van der Waals surface area contributed by atoms with Crippen LogP contribution in [0.3, 0.4) is 0 Å². The van der Waals surface area contributed by atoms with Crippen molar-refractivity contribution in [2.75, 3.05) is 0 Å². The number of carbonyl (C=O) groups is 4. The molecule has 194 valence electrons. The van der Waals surface area contributed by atoms with Gasteiger partial charge in [0.25, 0.3) is 0 Å². The maximum Gasteiger partial charge on any atom is 0.444 e. The molecule has 34 heavy (non-hydrogen) atoms. The normalized spacial score (nSPS) is 25.6. The summed E-state index contributed by atoms with van der Waals surface area (Å²) >= 11 is 0. The van der Waals surface area contributed by atoms with Crippen LogP contribution in [0.5, 0.6) is 0 Å². The zero-order chi connectivity index (χ0) is 25.7. The van der Waals surface area contributed by atoms with Crippen molar-refractivity contribution >= 4 is 24.1 Å². The van der Waals surface area contributed by atoms with Gasteiger partial charge in [-0.3, -0.25) is 4.79 Å². The van der Waals surface area contributed by atoms with Crippen LogP contribution in [0.15, 0.2) is 0 Å². The number of rotatable bonds is 4. The van der Waals surface area contributed by atoms with E-state index in [1.165, 1.54) is 0 Å². The highest BCUT2D eigenvalue weighted by molar-refractivity contribution is 5.77. The maximum atomic E-state index is 13.0. The summed E-state index contributed by atoms with van der Waals surface area (Å²) in [5.74, 6) is -1.46. The summed E-state index contributed by atoms with van der Waals surface area (Å²) in [5, 5.41) is 3.90. The number of nitrogens with one attached hydrogen (secondary N) is 1. The topological polar surface area (TPSA) is 137 Å². The van der Waals surface area contributed by atoms with Gasteiger partial charge in [0.2, 0.25) is 5.91 Å². The SMILES string of the molecule is CC(C)(C)OC(=O)NC1CCC(C(=O)ON(C(=O)OC(C)(C)C)C2CCC(C(N)=O)CC2)CC1. The standard InChI is InChI=1S/C24H41N3O7/c1-23(2,3)32-21(30)26-17-11-7-16(8-12-17)20(29)34-27(22(31)33-24(4,5)6)18-13-9-15(10-14-18)19(25)28/h15-18H,7-14H2,1-6H3,(H2,25,28)(H,26,30). The van der Waals surface area contributed by atoms with Gasteiger partial charge in [-0.05, 0) is 92.9 Å². The molecule has 0 spiro atoms. The summed E-state index contributed by atoms with van der Waals surface area (Å²) in [5.41, 5.74) is 4.09. The van der Waals surface area contributed by atoms with Crippen LogP contribution in [0.25, 0.3) is 0 Å². The summed E-state index contributed by atoms with van der Waals surface area (Å²) in [4.78, 5) is 54.9. The Labute approximate surface area is 202 Å². The van der Waals surface area contributed by atoms with Gasteiger partial charge in [-0.25, -0.2) is 14.4 Å². The monoisotopic (exact) mass is 483 g/mol. The third-order valence-corrected chi connectivity index (χ3v) is 5.97. The number of hydrogen-bond acceptors (Lipinski definition) is 7. The molecule has 0 saturated heterocycles. The van der Waals surface area contributed by atoms with E-state index in [1.54, 1.807) is 41.5 Å². The lowest BCUT2D eigenvalue weighted by Crippen LogP contribution is -2.48. The first-order valence-corrected chi connectivity index (χ1v) is 12.2. The molecule has 0 aromatic carbocycles. The Bertz CT molecular complexity index is 741. The van der Waals surface area contributed by atoms with Crippen molar-refractivity contribution in [3.05, 3.63) is 0 Å². The molecule has 2 rings (SSSR count). The molecule has 0 aliphatic heterocycles. The Hall–Kier alpha value is -2.52. The van der Waals surface area contributed by atoms with E-state index in [0.29, 0.717) is 51.4 Å². The molecule has 0 aromatic rings. The number of ether oxygens (including phenoxy) is 2. The first-order valence-electron chi connectivity index (χ1n) is 12.2. The van der Waals surface area contributed by atoms with Crippen molar-refractivity contribution in [3.8, 4) is 0 Å².